The number of nitrogens with one attached hydrogen (secondary N) is 1. The fraction of sp³-hybridized carbons (Fsp3) is 0.294. The molecule has 0 spiro atoms. The Morgan fingerprint density at radius 1 is 1.10 bits per heavy atom. The van der Waals surface area contributed by atoms with Crippen molar-refractivity contribution >= 4 is 11.0 Å². The number of hydrogen-bond donors (Lipinski definition) is 1. The van der Waals surface area contributed by atoms with Gasteiger partial charge in [-0.3, -0.25) is 0 Å². The maximum absolute atomic E-state index is 4.50. The lowest BCUT2D eigenvalue weighted by molar-refractivity contribution is 0.453. The van der Waals surface area contributed by atoms with E-state index >= 15 is 0 Å². The highest BCUT2D eigenvalue weighted by Crippen LogP contribution is 2.28. The van der Waals surface area contributed by atoms with Gasteiger partial charge in [0.15, 0.2) is 0 Å². The van der Waals surface area contributed by atoms with Crippen molar-refractivity contribution in [3.05, 3.63) is 59.7 Å². The van der Waals surface area contributed by atoms with E-state index in [2.05, 4.69) is 45.3 Å². The fourth-order valence-corrected chi connectivity index (χ4v) is 3.31. The molecule has 0 saturated carbocycles. The van der Waals surface area contributed by atoms with E-state index in [0.717, 1.165) is 12.1 Å². The molecule has 1 aliphatic carbocycles. The predicted molar refractivity (Wildman–Crippen MR) is 79.5 cm³/mol. The van der Waals surface area contributed by atoms with Crippen molar-refractivity contribution in [2.75, 3.05) is 0 Å². The van der Waals surface area contributed by atoms with Crippen LogP contribution in [0.4, 0.5) is 0 Å². The highest BCUT2D eigenvalue weighted by molar-refractivity contribution is 5.77. The summed E-state index contributed by atoms with van der Waals surface area (Å²) in [5, 5.41) is 1.17. The molecule has 4 rings (SSSR count). The molecule has 2 aromatic heterocycles. The van der Waals surface area contributed by atoms with Crippen LogP contribution in [0, 0.1) is 5.92 Å². The second-order valence-electron chi connectivity index (χ2n) is 5.64. The molecular formula is C17H17N3. The molecule has 1 aromatic carbocycles. The standard InChI is InChI=1S/C17H17N3/c1-2-4-14-9-12(5-6-13(14)3-1)10-16-15-7-8-18-17(15)20-11-19-16/h1-4,7-8,11-12H,5-6,9-10H2,(H,18,19,20). The molecule has 1 unspecified atom stereocenters. The molecule has 1 aliphatic rings. The lowest BCUT2D eigenvalue weighted by atomic mass is 9.81. The van der Waals surface area contributed by atoms with E-state index in [0.29, 0.717) is 5.92 Å². The van der Waals surface area contributed by atoms with Crippen molar-refractivity contribution in [1.82, 2.24) is 15.0 Å². The first-order valence-electron chi connectivity index (χ1n) is 7.24. The van der Waals surface area contributed by atoms with Crippen molar-refractivity contribution in [2.24, 2.45) is 5.92 Å². The lowest BCUT2D eigenvalue weighted by Gasteiger charge is -2.24. The summed E-state index contributed by atoms with van der Waals surface area (Å²) in [7, 11) is 0. The number of hydrogen-bond acceptors (Lipinski definition) is 2. The zero-order valence-electron chi connectivity index (χ0n) is 11.3. The fourth-order valence-electron chi connectivity index (χ4n) is 3.31. The van der Waals surface area contributed by atoms with Gasteiger partial charge in [0.2, 0.25) is 0 Å². The first kappa shape index (κ1) is 11.6. The van der Waals surface area contributed by atoms with Crippen molar-refractivity contribution in [3.63, 3.8) is 0 Å². The minimum absolute atomic E-state index is 0.692. The Morgan fingerprint density at radius 2 is 2.00 bits per heavy atom. The van der Waals surface area contributed by atoms with Crippen LogP contribution in [0.1, 0.15) is 23.2 Å². The quantitative estimate of drug-likeness (QED) is 0.770. The molecular weight excluding hydrogens is 246 g/mol. The summed E-state index contributed by atoms with van der Waals surface area (Å²) in [4.78, 5) is 11.9. The molecule has 3 aromatic rings. The Bertz CT molecular complexity index is 745. The van der Waals surface area contributed by atoms with Gasteiger partial charge in [-0.05, 0) is 48.8 Å². The number of H-pyrrole nitrogens is 1. The monoisotopic (exact) mass is 263 g/mol. The third kappa shape index (κ3) is 1.99. The Balaban J connectivity index is 1.60. The number of rotatable bonds is 2. The third-order valence-electron chi connectivity index (χ3n) is 4.37. The lowest BCUT2D eigenvalue weighted by Crippen LogP contribution is -2.17. The topological polar surface area (TPSA) is 41.6 Å². The summed E-state index contributed by atoms with van der Waals surface area (Å²) in [5.74, 6) is 0.692. The normalized spacial score (nSPS) is 18.1. The predicted octanol–water partition coefficient (Wildman–Crippen LogP) is 3.31. The third-order valence-corrected chi connectivity index (χ3v) is 4.37. The summed E-state index contributed by atoms with van der Waals surface area (Å²) in [6, 6.07) is 10.9. The summed E-state index contributed by atoms with van der Waals surface area (Å²) in [5.41, 5.74) is 5.17. The molecule has 20 heavy (non-hydrogen) atoms. The smallest absolute Gasteiger partial charge is 0.140 e. The van der Waals surface area contributed by atoms with Gasteiger partial charge in [0.05, 0.1) is 5.69 Å². The van der Waals surface area contributed by atoms with Crippen LogP contribution in [0.2, 0.25) is 0 Å². The first-order valence-corrected chi connectivity index (χ1v) is 7.24. The summed E-state index contributed by atoms with van der Waals surface area (Å²) in [6.45, 7) is 0. The van der Waals surface area contributed by atoms with Crippen LogP contribution >= 0.6 is 0 Å². The van der Waals surface area contributed by atoms with Crippen molar-refractivity contribution in [2.45, 2.75) is 25.7 Å². The van der Waals surface area contributed by atoms with Gasteiger partial charge in [-0.25, -0.2) is 9.97 Å². The van der Waals surface area contributed by atoms with Crippen LogP contribution in [0.25, 0.3) is 11.0 Å². The van der Waals surface area contributed by atoms with Gasteiger partial charge >= 0.3 is 0 Å². The van der Waals surface area contributed by atoms with E-state index in [1.807, 2.05) is 6.20 Å². The Kier molecular flexibility index (Phi) is 2.76. The van der Waals surface area contributed by atoms with E-state index in [4.69, 9.17) is 0 Å². The Labute approximate surface area is 118 Å². The van der Waals surface area contributed by atoms with Crippen LogP contribution in [0.5, 0.6) is 0 Å². The van der Waals surface area contributed by atoms with Crippen LogP contribution < -0.4 is 0 Å². The van der Waals surface area contributed by atoms with Gasteiger partial charge in [0.25, 0.3) is 0 Å². The summed E-state index contributed by atoms with van der Waals surface area (Å²) in [6.07, 6.45) is 8.29. The number of aromatic nitrogens is 3. The maximum Gasteiger partial charge on any atom is 0.140 e. The van der Waals surface area contributed by atoms with Crippen LogP contribution in [0.15, 0.2) is 42.9 Å². The maximum atomic E-state index is 4.50. The molecule has 0 amide bonds. The SMILES string of the molecule is c1ccc2c(c1)CCC(Cc1ncnc3[nH]ccc13)C2. The molecule has 1 N–H and O–H groups in total. The van der Waals surface area contributed by atoms with Gasteiger partial charge in [-0.2, -0.15) is 0 Å². The van der Waals surface area contributed by atoms with Gasteiger partial charge in [-0.15, -0.1) is 0 Å². The zero-order chi connectivity index (χ0) is 13.4. The number of aryl methyl sites for hydroxylation is 1. The molecule has 2 heterocycles. The highest BCUT2D eigenvalue weighted by Gasteiger charge is 2.20. The Hall–Kier alpha value is -2.16. The largest absolute Gasteiger partial charge is 0.346 e. The van der Waals surface area contributed by atoms with E-state index in [1.54, 1.807) is 6.33 Å². The second-order valence-corrected chi connectivity index (χ2v) is 5.64. The zero-order valence-corrected chi connectivity index (χ0v) is 11.3. The molecule has 0 radical (unpaired) electrons. The molecule has 1 atom stereocenters. The molecule has 100 valence electrons. The average molecular weight is 263 g/mol. The van der Waals surface area contributed by atoms with Gasteiger partial charge in [-0.1, -0.05) is 24.3 Å². The average Bonchev–Trinajstić information content (AvgIpc) is 2.97. The second kappa shape index (κ2) is 4.75. The van der Waals surface area contributed by atoms with Crippen molar-refractivity contribution < 1.29 is 0 Å². The number of aromatic amines is 1. The summed E-state index contributed by atoms with van der Waals surface area (Å²) >= 11 is 0. The van der Waals surface area contributed by atoms with E-state index in [1.165, 1.54) is 41.5 Å². The molecule has 0 aliphatic heterocycles. The van der Waals surface area contributed by atoms with E-state index in [-0.39, 0.29) is 0 Å². The van der Waals surface area contributed by atoms with Crippen molar-refractivity contribution in [1.29, 1.82) is 0 Å². The van der Waals surface area contributed by atoms with Gasteiger partial charge in [0, 0.05) is 11.6 Å². The van der Waals surface area contributed by atoms with E-state index in [9.17, 15) is 0 Å². The molecule has 0 fully saturated rings. The van der Waals surface area contributed by atoms with Crippen LogP contribution in [-0.4, -0.2) is 15.0 Å². The van der Waals surface area contributed by atoms with Gasteiger partial charge < -0.3 is 4.98 Å². The van der Waals surface area contributed by atoms with Crippen molar-refractivity contribution in [3.8, 4) is 0 Å². The Morgan fingerprint density at radius 3 is 2.95 bits per heavy atom. The van der Waals surface area contributed by atoms with Crippen LogP contribution in [-0.2, 0) is 19.3 Å². The van der Waals surface area contributed by atoms with Crippen LogP contribution in [0.3, 0.4) is 0 Å². The molecule has 0 bridgehead atoms. The molecule has 3 nitrogen and oxygen atoms in total. The minimum atomic E-state index is 0.692. The summed E-state index contributed by atoms with van der Waals surface area (Å²) < 4.78 is 0. The first-order chi connectivity index (χ1) is 9.90. The van der Waals surface area contributed by atoms with E-state index < -0.39 is 0 Å². The number of benzene rings is 1. The number of nitrogens with zero attached hydrogens (tertiary/aromatic N) is 2. The highest BCUT2D eigenvalue weighted by atomic mass is 14.9. The minimum Gasteiger partial charge on any atom is -0.346 e. The van der Waals surface area contributed by atoms with Gasteiger partial charge in [0.1, 0.15) is 12.0 Å². The molecule has 0 saturated heterocycles. The molecule has 3 heteroatoms. The number of fused-ring (bicyclic) bond motifs is 2.